The van der Waals surface area contributed by atoms with Crippen LogP contribution >= 0.6 is 0 Å². The van der Waals surface area contributed by atoms with Gasteiger partial charge in [0.2, 0.25) is 5.91 Å². The molecule has 1 N–H and O–H groups in total. The van der Waals surface area contributed by atoms with Crippen LogP contribution in [-0.4, -0.2) is 29.0 Å². The number of carbonyl (C=O) groups is 1. The Hall–Kier alpha value is -3.48. The van der Waals surface area contributed by atoms with Crippen LogP contribution in [0.25, 0.3) is 0 Å². The Labute approximate surface area is 174 Å². The van der Waals surface area contributed by atoms with E-state index in [9.17, 15) is 9.18 Å². The summed E-state index contributed by atoms with van der Waals surface area (Å²) in [5.41, 5.74) is 1.73. The Kier molecular flexibility index (Phi) is 5.88. The number of amides is 1. The number of piperidine rings is 1. The lowest BCUT2D eigenvalue weighted by atomic mass is 9.97. The molecule has 1 aromatic heterocycles. The fraction of sp³-hybridized carbons (Fsp3) is 0.261. The van der Waals surface area contributed by atoms with Crippen molar-refractivity contribution in [1.29, 1.82) is 0 Å². The third-order valence-corrected chi connectivity index (χ3v) is 5.09. The van der Waals surface area contributed by atoms with Crippen LogP contribution in [0.1, 0.15) is 18.4 Å². The summed E-state index contributed by atoms with van der Waals surface area (Å²) in [5, 5.41) is 2.87. The number of carbonyl (C=O) groups excluding carboxylic acids is 1. The molecule has 7 heteroatoms. The van der Waals surface area contributed by atoms with Crippen LogP contribution in [0.5, 0.6) is 11.6 Å². The summed E-state index contributed by atoms with van der Waals surface area (Å²) in [4.78, 5) is 23.6. The second kappa shape index (κ2) is 8.90. The zero-order valence-electron chi connectivity index (χ0n) is 16.7. The first kappa shape index (κ1) is 19.8. The maximum atomic E-state index is 13.1. The highest BCUT2D eigenvalue weighted by Gasteiger charge is 2.28. The van der Waals surface area contributed by atoms with Crippen molar-refractivity contribution in [3.8, 4) is 11.6 Å². The van der Waals surface area contributed by atoms with Gasteiger partial charge in [0.25, 0.3) is 5.88 Å². The number of rotatable bonds is 5. The summed E-state index contributed by atoms with van der Waals surface area (Å²) in [6.45, 7) is 3.29. The number of aryl methyl sites for hydroxylation is 1. The van der Waals surface area contributed by atoms with E-state index in [-0.39, 0.29) is 17.6 Å². The topological polar surface area (TPSA) is 67.4 Å². The molecule has 1 aliphatic rings. The van der Waals surface area contributed by atoms with Crippen molar-refractivity contribution in [2.24, 2.45) is 5.92 Å². The number of benzene rings is 2. The smallest absolute Gasteiger partial charge is 0.263 e. The average molecular weight is 406 g/mol. The van der Waals surface area contributed by atoms with E-state index >= 15 is 0 Å². The molecule has 1 atom stereocenters. The van der Waals surface area contributed by atoms with Gasteiger partial charge in [-0.2, -0.15) is 0 Å². The molecule has 1 amide bonds. The van der Waals surface area contributed by atoms with Crippen molar-refractivity contribution >= 4 is 17.4 Å². The van der Waals surface area contributed by atoms with Gasteiger partial charge in [0, 0.05) is 31.2 Å². The Morgan fingerprint density at radius 3 is 2.60 bits per heavy atom. The summed E-state index contributed by atoms with van der Waals surface area (Å²) < 4.78 is 19.1. The van der Waals surface area contributed by atoms with Gasteiger partial charge in [-0.1, -0.05) is 17.7 Å². The molecule has 2 heterocycles. The Morgan fingerprint density at radius 1 is 1.10 bits per heavy atom. The molecule has 6 nitrogen and oxygen atoms in total. The third-order valence-electron chi connectivity index (χ3n) is 5.09. The zero-order valence-corrected chi connectivity index (χ0v) is 16.7. The lowest BCUT2D eigenvalue weighted by Gasteiger charge is -2.33. The lowest BCUT2D eigenvalue weighted by molar-refractivity contribution is -0.120. The van der Waals surface area contributed by atoms with E-state index in [4.69, 9.17) is 4.74 Å². The van der Waals surface area contributed by atoms with E-state index in [0.717, 1.165) is 24.9 Å². The molecule has 0 saturated carbocycles. The molecule has 1 aliphatic heterocycles. The fourth-order valence-electron chi connectivity index (χ4n) is 3.49. The number of hydrogen-bond donors (Lipinski definition) is 1. The molecular formula is C23H23FN4O2. The zero-order chi connectivity index (χ0) is 20.9. The molecule has 30 heavy (non-hydrogen) atoms. The van der Waals surface area contributed by atoms with Gasteiger partial charge in [-0.25, -0.2) is 14.4 Å². The van der Waals surface area contributed by atoms with Crippen LogP contribution in [0.15, 0.2) is 60.9 Å². The minimum atomic E-state index is -0.333. The van der Waals surface area contributed by atoms with E-state index < -0.39 is 0 Å². The summed E-state index contributed by atoms with van der Waals surface area (Å²) in [6.07, 6.45) is 4.84. The molecule has 1 fully saturated rings. The van der Waals surface area contributed by atoms with Crippen LogP contribution in [0.2, 0.25) is 0 Å². The Bertz CT molecular complexity index is 1010. The van der Waals surface area contributed by atoms with Crippen molar-refractivity contribution in [2.75, 3.05) is 23.3 Å². The quantitative estimate of drug-likeness (QED) is 0.672. The van der Waals surface area contributed by atoms with Crippen molar-refractivity contribution in [2.45, 2.75) is 19.8 Å². The summed E-state index contributed by atoms with van der Waals surface area (Å²) >= 11 is 0. The van der Waals surface area contributed by atoms with Crippen molar-refractivity contribution < 1.29 is 13.9 Å². The molecular weight excluding hydrogens is 383 g/mol. The second-order valence-electron chi connectivity index (χ2n) is 7.38. The molecule has 0 aliphatic carbocycles. The molecule has 4 rings (SSSR count). The average Bonchev–Trinajstić information content (AvgIpc) is 2.77. The monoisotopic (exact) mass is 406 g/mol. The van der Waals surface area contributed by atoms with E-state index in [1.54, 1.807) is 24.5 Å². The van der Waals surface area contributed by atoms with Crippen LogP contribution in [0.3, 0.4) is 0 Å². The molecule has 2 aromatic carbocycles. The molecule has 0 spiro atoms. The number of anilines is 2. The van der Waals surface area contributed by atoms with Gasteiger partial charge < -0.3 is 15.0 Å². The number of ether oxygens (including phenoxy) is 1. The van der Waals surface area contributed by atoms with Crippen molar-refractivity contribution in [1.82, 2.24) is 9.97 Å². The van der Waals surface area contributed by atoms with E-state index in [1.807, 2.05) is 36.1 Å². The fourth-order valence-corrected chi connectivity index (χ4v) is 3.49. The first-order valence-electron chi connectivity index (χ1n) is 9.95. The van der Waals surface area contributed by atoms with Crippen LogP contribution < -0.4 is 15.0 Å². The highest BCUT2D eigenvalue weighted by atomic mass is 19.1. The first-order valence-corrected chi connectivity index (χ1v) is 9.95. The Morgan fingerprint density at radius 2 is 1.83 bits per heavy atom. The maximum absolute atomic E-state index is 13.1. The largest absolute Gasteiger partial charge is 0.436 e. The van der Waals surface area contributed by atoms with E-state index in [0.29, 0.717) is 29.7 Å². The second-order valence-corrected chi connectivity index (χ2v) is 7.38. The van der Waals surface area contributed by atoms with Gasteiger partial charge in [-0.3, -0.25) is 4.79 Å². The minimum Gasteiger partial charge on any atom is -0.436 e. The highest BCUT2D eigenvalue weighted by Crippen LogP contribution is 2.31. The van der Waals surface area contributed by atoms with Gasteiger partial charge in [-0.15, -0.1) is 0 Å². The molecule has 154 valence electrons. The number of nitrogens with one attached hydrogen (secondary N) is 1. The van der Waals surface area contributed by atoms with Crippen LogP contribution in [-0.2, 0) is 4.79 Å². The maximum Gasteiger partial charge on any atom is 0.263 e. The minimum absolute atomic E-state index is 0.0869. The molecule has 0 bridgehead atoms. The number of hydrogen-bond acceptors (Lipinski definition) is 5. The SMILES string of the molecule is Cc1ccc(Oc2nccnc2N2CCC[C@H](C(=O)Nc3ccc(F)cc3)C2)cc1. The van der Waals surface area contributed by atoms with Gasteiger partial charge in [0.05, 0.1) is 5.92 Å². The molecule has 3 aromatic rings. The number of nitrogens with zero attached hydrogens (tertiary/aromatic N) is 3. The van der Waals surface area contributed by atoms with Crippen LogP contribution in [0.4, 0.5) is 15.9 Å². The molecule has 0 radical (unpaired) electrons. The first-order chi connectivity index (χ1) is 14.6. The normalized spacial score (nSPS) is 16.2. The summed E-state index contributed by atoms with van der Waals surface area (Å²) in [6, 6.07) is 13.5. The predicted octanol–water partition coefficient (Wildman–Crippen LogP) is 4.57. The summed E-state index contributed by atoms with van der Waals surface area (Å²) in [5.74, 6) is 1.10. The number of halogens is 1. The van der Waals surface area contributed by atoms with Crippen LogP contribution in [0, 0.1) is 18.7 Å². The van der Waals surface area contributed by atoms with E-state index in [1.165, 1.54) is 12.1 Å². The van der Waals surface area contributed by atoms with Gasteiger partial charge in [0.1, 0.15) is 11.6 Å². The van der Waals surface area contributed by atoms with Crippen molar-refractivity contribution in [3.63, 3.8) is 0 Å². The summed E-state index contributed by atoms with van der Waals surface area (Å²) in [7, 11) is 0. The van der Waals surface area contributed by atoms with Crippen molar-refractivity contribution in [3.05, 3.63) is 72.3 Å². The molecule has 1 saturated heterocycles. The standard InChI is InChI=1S/C23H23FN4O2/c1-16-4-10-20(11-5-16)30-23-21(25-12-13-26-23)28-14-2-3-17(15-28)22(29)27-19-8-6-18(24)7-9-19/h4-13,17H,2-3,14-15H2,1H3,(H,27,29)/t17-/m0/s1. The van der Waals surface area contributed by atoms with Gasteiger partial charge in [0.15, 0.2) is 5.82 Å². The van der Waals surface area contributed by atoms with E-state index in [2.05, 4.69) is 15.3 Å². The lowest BCUT2D eigenvalue weighted by Crippen LogP contribution is -2.41. The highest BCUT2D eigenvalue weighted by molar-refractivity contribution is 5.93. The third kappa shape index (κ3) is 4.74. The van der Waals surface area contributed by atoms with Gasteiger partial charge in [-0.05, 0) is 56.2 Å². The van der Waals surface area contributed by atoms with Gasteiger partial charge >= 0.3 is 0 Å². The Balaban J connectivity index is 1.47. The predicted molar refractivity (Wildman–Crippen MR) is 113 cm³/mol. The number of aromatic nitrogens is 2. The molecule has 0 unspecified atom stereocenters.